The molecule has 1 aromatic carbocycles. The summed E-state index contributed by atoms with van der Waals surface area (Å²) >= 11 is 1.75. The summed E-state index contributed by atoms with van der Waals surface area (Å²) in [6.07, 6.45) is 0. The molecule has 0 amide bonds. The van der Waals surface area contributed by atoms with E-state index in [4.69, 9.17) is 0 Å². The van der Waals surface area contributed by atoms with Gasteiger partial charge in [-0.05, 0) is 33.6 Å². The van der Waals surface area contributed by atoms with Crippen LogP contribution in [0.3, 0.4) is 0 Å². The van der Waals surface area contributed by atoms with Crippen LogP contribution in [0.4, 0.5) is 0 Å². The zero-order valence-corrected chi connectivity index (χ0v) is 10.6. The normalized spacial score (nSPS) is 15.5. The number of hydrogen-bond acceptors (Lipinski definition) is 3. The predicted molar refractivity (Wildman–Crippen MR) is 71.7 cm³/mol. The summed E-state index contributed by atoms with van der Waals surface area (Å²) < 4.78 is 0. The van der Waals surface area contributed by atoms with Crippen molar-refractivity contribution in [2.24, 2.45) is 0 Å². The Hall–Kier alpha value is -1.10. The molecule has 1 aliphatic carbocycles. The van der Waals surface area contributed by atoms with E-state index in [0.717, 1.165) is 0 Å². The molecule has 3 rings (SSSR count). The quantitative estimate of drug-likeness (QED) is 0.750. The van der Waals surface area contributed by atoms with E-state index in [1.165, 1.54) is 21.6 Å². The number of benzene rings is 1. The van der Waals surface area contributed by atoms with Gasteiger partial charge >= 0.3 is 7.12 Å². The maximum atomic E-state index is 9.25. The molecule has 0 bridgehead atoms. The lowest BCUT2D eigenvalue weighted by Crippen LogP contribution is -2.31. The molecule has 0 saturated carbocycles. The largest absolute Gasteiger partial charge is 0.488 e. The molecule has 1 heterocycles. The molecule has 0 spiro atoms. The smallest absolute Gasteiger partial charge is 0.423 e. The van der Waals surface area contributed by atoms with Gasteiger partial charge in [0.05, 0.1) is 0 Å². The Morgan fingerprint density at radius 1 is 1.12 bits per heavy atom. The highest BCUT2D eigenvalue weighted by molar-refractivity contribution is 7.14. The Labute approximate surface area is 105 Å². The Bertz CT molecular complexity index is 587. The van der Waals surface area contributed by atoms with Gasteiger partial charge < -0.3 is 10.0 Å². The molecule has 2 N–H and O–H groups in total. The third-order valence-electron chi connectivity index (χ3n) is 3.60. The van der Waals surface area contributed by atoms with Crippen molar-refractivity contribution in [2.75, 3.05) is 0 Å². The highest BCUT2D eigenvalue weighted by Crippen LogP contribution is 2.50. The molecular formula is C13H13BO2S. The molecule has 1 aliphatic rings. The fraction of sp³-hybridized carbons (Fsp3) is 0.231. The van der Waals surface area contributed by atoms with Crippen LogP contribution in [0, 0.1) is 0 Å². The summed E-state index contributed by atoms with van der Waals surface area (Å²) in [7, 11) is -1.39. The SMILES string of the molecule is CC1(C)c2cc(B(O)O)ccc2-c2sccc21. The summed E-state index contributed by atoms with van der Waals surface area (Å²) in [5.41, 5.74) is 4.26. The van der Waals surface area contributed by atoms with E-state index >= 15 is 0 Å². The van der Waals surface area contributed by atoms with Gasteiger partial charge in [-0.1, -0.05) is 32.0 Å². The highest BCUT2D eigenvalue weighted by atomic mass is 32.1. The first-order valence-electron chi connectivity index (χ1n) is 5.60. The molecular weight excluding hydrogens is 231 g/mol. The second-order valence-corrected chi connectivity index (χ2v) is 5.88. The Balaban J connectivity index is 2.26. The minimum absolute atomic E-state index is 0.0461. The maximum absolute atomic E-state index is 9.25. The van der Waals surface area contributed by atoms with Crippen LogP contribution in [0.25, 0.3) is 10.4 Å². The molecule has 2 nitrogen and oxygen atoms in total. The van der Waals surface area contributed by atoms with Gasteiger partial charge in [0.25, 0.3) is 0 Å². The van der Waals surface area contributed by atoms with Crippen LogP contribution < -0.4 is 5.46 Å². The van der Waals surface area contributed by atoms with E-state index < -0.39 is 7.12 Å². The summed E-state index contributed by atoms with van der Waals surface area (Å²) in [5.74, 6) is 0. The molecule has 2 aromatic rings. The molecule has 86 valence electrons. The van der Waals surface area contributed by atoms with Gasteiger partial charge in [0.15, 0.2) is 0 Å². The number of fused-ring (bicyclic) bond motifs is 3. The second-order valence-electron chi connectivity index (χ2n) is 4.97. The molecule has 0 aliphatic heterocycles. The first kappa shape index (κ1) is 11.0. The zero-order valence-electron chi connectivity index (χ0n) is 9.77. The molecule has 0 atom stereocenters. The Kier molecular flexibility index (Phi) is 2.24. The van der Waals surface area contributed by atoms with Crippen LogP contribution >= 0.6 is 11.3 Å². The lowest BCUT2D eigenvalue weighted by atomic mass is 9.75. The molecule has 0 fully saturated rings. The van der Waals surface area contributed by atoms with E-state index in [2.05, 4.69) is 25.3 Å². The standard InChI is InChI=1S/C13H13BO2S/c1-13(2)10-5-6-17-12(10)9-4-3-8(14(15)16)7-11(9)13/h3-7,15-16H,1-2H3. The average molecular weight is 244 g/mol. The minimum atomic E-state index is -1.39. The first-order valence-corrected chi connectivity index (χ1v) is 6.48. The van der Waals surface area contributed by atoms with Crippen molar-refractivity contribution in [2.45, 2.75) is 19.3 Å². The summed E-state index contributed by atoms with van der Waals surface area (Å²) in [5, 5.41) is 20.6. The zero-order chi connectivity index (χ0) is 12.2. The fourth-order valence-corrected chi connectivity index (χ4v) is 3.69. The second kappa shape index (κ2) is 3.45. The van der Waals surface area contributed by atoms with Gasteiger partial charge in [0.1, 0.15) is 0 Å². The predicted octanol–water partition coefficient (Wildman–Crippen LogP) is 1.73. The van der Waals surface area contributed by atoms with Crippen LogP contribution in [-0.4, -0.2) is 17.2 Å². The van der Waals surface area contributed by atoms with E-state index in [1.54, 1.807) is 17.4 Å². The molecule has 0 saturated heterocycles. The van der Waals surface area contributed by atoms with Gasteiger partial charge in [0, 0.05) is 10.3 Å². The van der Waals surface area contributed by atoms with Crippen LogP contribution in [0.2, 0.25) is 0 Å². The van der Waals surface area contributed by atoms with E-state index in [0.29, 0.717) is 5.46 Å². The van der Waals surface area contributed by atoms with Crippen molar-refractivity contribution in [3.63, 3.8) is 0 Å². The molecule has 1 aromatic heterocycles. The Morgan fingerprint density at radius 2 is 1.88 bits per heavy atom. The van der Waals surface area contributed by atoms with Gasteiger partial charge in [0.2, 0.25) is 0 Å². The third kappa shape index (κ3) is 1.41. The summed E-state index contributed by atoms with van der Waals surface area (Å²) in [6.45, 7) is 4.36. The van der Waals surface area contributed by atoms with Crippen LogP contribution in [-0.2, 0) is 5.41 Å². The van der Waals surface area contributed by atoms with Crippen molar-refractivity contribution >= 4 is 23.9 Å². The topological polar surface area (TPSA) is 40.5 Å². The molecule has 0 unspecified atom stereocenters. The van der Waals surface area contributed by atoms with Crippen LogP contribution in [0.5, 0.6) is 0 Å². The third-order valence-corrected chi connectivity index (χ3v) is 4.55. The average Bonchev–Trinajstić information content (AvgIpc) is 2.83. The van der Waals surface area contributed by atoms with E-state index in [9.17, 15) is 10.0 Å². The fourth-order valence-electron chi connectivity index (χ4n) is 2.59. The van der Waals surface area contributed by atoms with Crippen molar-refractivity contribution in [3.8, 4) is 10.4 Å². The van der Waals surface area contributed by atoms with Gasteiger partial charge in [-0.3, -0.25) is 0 Å². The van der Waals surface area contributed by atoms with Crippen molar-refractivity contribution in [3.05, 3.63) is 40.8 Å². The van der Waals surface area contributed by atoms with E-state index in [1.807, 2.05) is 12.1 Å². The number of thiophene rings is 1. The lowest BCUT2D eigenvalue weighted by Gasteiger charge is -2.21. The monoisotopic (exact) mass is 244 g/mol. The number of hydrogen-bond donors (Lipinski definition) is 2. The maximum Gasteiger partial charge on any atom is 0.488 e. The van der Waals surface area contributed by atoms with Gasteiger partial charge in [-0.25, -0.2) is 0 Å². The first-order chi connectivity index (χ1) is 8.01. The molecule has 17 heavy (non-hydrogen) atoms. The summed E-state index contributed by atoms with van der Waals surface area (Å²) in [4.78, 5) is 1.31. The van der Waals surface area contributed by atoms with Crippen molar-refractivity contribution < 1.29 is 10.0 Å². The minimum Gasteiger partial charge on any atom is -0.423 e. The van der Waals surface area contributed by atoms with Crippen molar-refractivity contribution in [1.82, 2.24) is 0 Å². The van der Waals surface area contributed by atoms with Crippen molar-refractivity contribution in [1.29, 1.82) is 0 Å². The van der Waals surface area contributed by atoms with Crippen LogP contribution in [0.1, 0.15) is 25.0 Å². The molecule has 0 radical (unpaired) electrons. The highest BCUT2D eigenvalue weighted by Gasteiger charge is 2.36. The summed E-state index contributed by atoms with van der Waals surface area (Å²) in [6, 6.07) is 7.85. The van der Waals surface area contributed by atoms with E-state index in [-0.39, 0.29) is 5.41 Å². The van der Waals surface area contributed by atoms with Crippen LogP contribution in [0.15, 0.2) is 29.6 Å². The van der Waals surface area contributed by atoms with Gasteiger partial charge in [-0.15, -0.1) is 11.3 Å². The lowest BCUT2D eigenvalue weighted by molar-refractivity contribution is 0.425. The van der Waals surface area contributed by atoms with Gasteiger partial charge in [-0.2, -0.15) is 0 Å². The Morgan fingerprint density at radius 3 is 2.59 bits per heavy atom. The molecule has 4 heteroatoms. The number of rotatable bonds is 1.